The number of esters is 2. The quantitative estimate of drug-likeness (QED) is 0.124. The lowest BCUT2D eigenvalue weighted by Crippen LogP contribution is -2.49. The number of nitrogens with one attached hydrogen (secondary N) is 3. The van der Waals surface area contributed by atoms with Gasteiger partial charge in [-0.3, -0.25) is 4.79 Å². The van der Waals surface area contributed by atoms with E-state index in [1.807, 2.05) is 66.7 Å². The molecule has 0 bridgehead atoms. The summed E-state index contributed by atoms with van der Waals surface area (Å²) in [6.07, 6.45) is -0.671. The van der Waals surface area contributed by atoms with Gasteiger partial charge < -0.3 is 35.1 Å². The van der Waals surface area contributed by atoms with Crippen LogP contribution < -0.4 is 16.0 Å². The van der Waals surface area contributed by atoms with Gasteiger partial charge in [0.2, 0.25) is 5.91 Å². The van der Waals surface area contributed by atoms with E-state index in [0.717, 1.165) is 11.1 Å². The molecule has 270 valence electrons. The van der Waals surface area contributed by atoms with Crippen LogP contribution in [-0.2, 0) is 37.0 Å². The van der Waals surface area contributed by atoms with E-state index in [-0.39, 0.29) is 25.2 Å². The first-order valence-electron chi connectivity index (χ1n) is 16.9. The average molecular weight is 707 g/mol. The minimum absolute atomic E-state index is 0.0321. The van der Waals surface area contributed by atoms with Crippen molar-refractivity contribution in [3.63, 3.8) is 0 Å². The maximum absolute atomic E-state index is 14.0. The third kappa shape index (κ3) is 10.4. The lowest BCUT2D eigenvalue weighted by atomic mass is 10.00. The van der Waals surface area contributed by atoms with Crippen LogP contribution in [0.3, 0.4) is 0 Å². The number of hydrogen-bond donors (Lipinski definition) is 3. The van der Waals surface area contributed by atoms with Crippen molar-refractivity contribution in [1.82, 2.24) is 15.5 Å². The van der Waals surface area contributed by atoms with E-state index < -0.39 is 60.2 Å². The van der Waals surface area contributed by atoms with E-state index in [0.29, 0.717) is 11.3 Å². The van der Waals surface area contributed by atoms with Crippen molar-refractivity contribution in [1.29, 1.82) is 0 Å². The maximum Gasteiger partial charge on any atom is 0.407 e. The molecule has 3 N–H and O–H groups in total. The number of carbonyl (C=O) groups excluding carboxylic acids is 5. The summed E-state index contributed by atoms with van der Waals surface area (Å²) in [6, 6.07) is 30.3. The molecule has 0 spiro atoms. The molecule has 1 saturated heterocycles. The van der Waals surface area contributed by atoms with E-state index in [1.54, 1.807) is 63.2 Å². The maximum atomic E-state index is 14.0. The number of urea groups is 1. The number of likely N-dealkylation sites (tertiary alicyclic amines) is 1. The molecule has 5 rings (SSSR count). The normalized spacial score (nSPS) is 16.7. The Hall–Kier alpha value is -6.17. The zero-order chi connectivity index (χ0) is 37.1. The van der Waals surface area contributed by atoms with Crippen LogP contribution in [0.2, 0.25) is 0 Å². The molecular weight excluding hydrogens is 664 g/mol. The molecule has 0 aromatic heterocycles. The zero-order valence-electron chi connectivity index (χ0n) is 29.2. The Morgan fingerprint density at radius 3 is 1.96 bits per heavy atom. The van der Waals surface area contributed by atoms with Gasteiger partial charge in [0.1, 0.15) is 24.9 Å². The van der Waals surface area contributed by atoms with Crippen molar-refractivity contribution >= 4 is 35.7 Å². The second-order valence-electron chi connectivity index (χ2n) is 13.2. The third-order valence-electron chi connectivity index (χ3n) is 8.09. The first kappa shape index (κ1) is 37.1. The molecule has 0 radical (unpaired) electrons. The average Bonchev–Trinajstić information content (AvgIpc) is 3.52. The molecule has 0 aliphatic carbocycles. The molecular formula is C40H42N4O8. The molecule has 3 atom stereocenters. The van der Waals surface area contributed by atoms with Gasteiger partial charge in [0.25, 0.3) is 0 Å². The van der Waals surface area contributed by atoms with Crippen molar-refractivity contribution in [2.75, 3.05) is 11.9 Å². The molecule has 1 aliphatic heterocycles. The van der Waals surface area contributed by atoms with Gasteiger partial charge in [-0.25, -0.2) is 19.2 Å². The minimum Gasteiger partial charge on any atom is -0.458 e. The summed E-state index contributed by atoms with van der Waals surface area (Å²) in [4.78, 5) is 67.7. The number of ether oxygens (including phenoxy) is 3. The summed E-state index contributed by atoms with van der Waals surface area (Å²) in [6.45, 7) is 4.81. The highest BCUT2D eigenvalue weighted by Gasteiger charge is 2.49. The van der Waals surface area contributed by atoms with Gasteiger partial charge >= 0.3 is 24.1 Å². The van der Waals surface area contributed by atoms with Crippen molar-refractivity contribution < 1.29 is 38.2 Å². The Morgan fingerprint density at radius 1 is 0.750 bits per heavy atom. The van der Waals surface area contributed by atoms with Gasteiger partial charge in [-0.05, 0) is 55.7 Å². The van der Waals surface area contributed by atoms with E-state index in [4.69, 9.17) is 14.2 Å². The van der Waals surface area contributed by atoms with Crippen LogP contribution in [0.1, 0.15) is 60.3 Å². The summed E-state index contributed by atoms with van der Waals surface area (Å²) in [5.41, 5.74) is 1.97. The molecule has 12 heteroatoms. The summed E-state index contributed by atoms with van der Waals surface area (Å²) >= 11 is 0. The molecule has 4 amide bonds. The standard InChI is InChI=1S/C40H42N4O8/c1-40(2,3)52-37(47)33-23-32(43-39(49)51-26-28-16-9-5-10-17-28)35(29-18-11-6-12-19-29)44(33)34(45)24-41-38(48)42-31-21-13-20-30(22-31)36(46)50-25-27-14-7-4-8-15-27/h4-22,32-33,35H,23-26H2,1-3H3,(H,43,49)(H2,41,42,48). The van der Waals surface area contributed by atoms with Crippen molar-refractivity contribution in [3.8, 4) is 0 Å². The van der Waals surface area contributed by atoms with Gasteiger partial charge in [-0.1, -0.05) is 97.1 Å². The summed E-state index contributed by atoms with van der Waals surface area (Å²) in [5.74, 6) is -1.80. The minimum atomic E-state index is -1.08. The SMILES string of the molecule is CC(C)(C)OC(=O)C1CC(NC(=O)OCc2ccccc2)C(c2ccccc2)N1C(=O)CNC(=O)Nc1cccc(C(=O)OCc2ccccc2)c1. The number of hydrogen-bond acceptors (Lipinski definition) is 8. The van der Waals surface area contributed by atoms with Crippen LogP contribution >= 0.6 is 0 Å². The number of amides is 4. The van der Waals surface area contributed by atoms with E-state index in [9.17, 15) is 24.0 Å². The van der Waals surface area contributed by atoms with Crippen LogP contribution in [0, 0.1) is 0 Å². The van der Waals surface area contributed by atoms with Crippen molar-refractivity contribution in [3.05, 3.63) is 138 Å². The molecule has 1 fully saturated rings. The second kappa shape index (κ2) is 17.2. The highest BCUT2D eigenvalue weighted by atomic mass is 16.6. The molecule has 4 aromatic rings. The van der Waals surface area contributed by atoms with Gasteiger partial charge in [0.15, 0.2) is 0 Å². The molecule has 4 aromatic carbocycles. The summed E-state index contributed by atoms with van der Waals surface area (Å²) in [5, 5.41) is 8.05. The molecule has 3 unspecified atom stereocenters. The molecule has 1 aliphatic rings. The predicted molar refractivity (Wildman–Crippen MR) is 193 cm³/mol. The number of carbonyl (C=O) groups is 5. The number of alkyl carbamates (subject to hydrolysis) is 1. The molecule has 0 saturated carbocycles. The number of anilines is 1. The Labute approximate surface area is 302 Å². The lowest BCUT2D eigenvalue weighted by molar-refractivity contribution is -0.164. The lowest BCUT2D eigenvalue weighted by Gasteiger charge is -2.32. The van der Waals surface area contributed by atoms with Gasteiger partial charge in [0, 0.05) is 12.1 Å². The van der Waals surface area contributed by atoms with Crippen LogP contribution in [0.4, 0.5) is 15.3 Å². The summed E-state index contributed by atoms with van der Waals surface area (Å²) in [7, 11) is 0. The highest BCUT2D eigenvalue weighted by Crippen LogP contribution is 2.38. The van der Waals surface area contributed by atoms with Gasteiger partial charge in [-0.15, -0.1) is 0 Å². The monoisotopic (exact) mass is 706 g/mol. The molecule has 1 heterocycles. The van der Waals surface area contributed by atoms with Crippen molar-refractivity contribution in [2.24, 2.45) is 0 Å². The Kier molecular flexibility index (Phi) is 12.2. The Bertz CT molecular complexity index is 1850. The van der Waals surface area contributed by atoms with E-state index >= 15 is 0 Å². The Balaban J connectivity index is 1.28. The van der Waals surface area contributed by atoms with E-state index in [2.05, 4.69) is 16.0 Å². The van der Waals surface area contributed by atoms with Crippen LogP contribution in [0.15, 0.2) is 115 Å². The van der Waals surface area contributed by atoms with Gasteiger partial charge in [-0.2, -0.15) is 0 Å². The highest BCUT2D eigenvalue weighted by molar-refractivity contribution is 5.96. The largest absolute Gasteiger partial charge is 0.458 e. The number of rotatable bonds is 11. The Morgan fingerprint density at radius 2 is 1.35 bits per heavy atom. The van der Waals surface area contributed by atoms with Crippen LogP contribution in [0.25, 0.3) is 0 Å². The first-order valence-corrected chi connectivity index (χ1v) is 16.9. The van der Waals surface area contributed by atoms with Crippen LogP contribution in [-0.4, -0.2) is 59.1 Å². The fraction of sp³-hybridized carbons (Fsp3) is 0.275. The number of nitrogens with zero attached hydrogens (tertiary/aromatic N) is 1. The molecule has 12 nitrogen and oxygen atoms in total. The second-order valence-corrected chi connectivity index (χ2v) is 13.2. The third-order valence-corrected chi connectivity index (χ3v) is 8.09. The zero-order valence-corrected chi connectivity index (χ0v) is 29.2. The first-order chi connectivity index (χ1) is 25.0. The van der Waals surface area contributed by atoms with E-state index in [1.165, 1.54) is 11.0 Å². The fourth-order valence-corrected chi connectivity index (χ4v) is 5.83. The van der Waals surface area contributed by atoms with Crippen LogP contribution in [0.5, 0.6) is 0 Å². The van der Waals surface area contributed by atoms with Crippen molar-refractivity contribution in [2.45, 2.75) is 64.1 Å². The fourth-order valence-electron chi connectivity index (χ4n) is 5.83. The van der Waals surface area contributed by atoms with Gasteiger partial charge in [0.05, 0.1) is 24.2 Å². The molecule has 52 heavy (non-hydrogen) atoms. The number of benzene rings is 4. The summed E-state index contributed by atoms with van der Waals surface area (Å²) < 4.78 is 16.6. The predicted octanol–water partition coefficient (Wildman–Crippen LogP) is 6.14. The smallest absolute Gasteiger partial charge is 0.407 e. The topological polar surface area (TPSA) is 152 Å².